The van der Waals surface area contributed by atoms with E-state index in [1.807, 2.05) is 25.1 Å². The Hall–Kier alpha value is -3.57. The summed E-state index contributed by atoms with van der Waals surface area (Å²) in [6.07, 6.45) is 1.48. The molecule has 184 valence electrons. The summed E-state index contributed by atoms with van der Waals surface area (Å²) in [5.74, 6) is 0.233. The summed E-state index contributed by atoms with van der Waals surface area (Å²) in [7, 11) is 0. The third-order valence-corrected chi connectivity index (χ3v) is 5.86. The van der Waals surface area contributed by atoms with Gasteiger partial charge in [-0.05, 0) is 83.6 Å². The highest BCUT2D eigenvalue weighted by Crippen LogP contribution is 2.34. The lowest BCUT2D eigenvalue weighted by atomic mass is 10.2. The Labute approximate surface area is 225 Å². The smallest absolute Gasteiger partial charge is 0.307 e. The van der Waals surface area contributed by atoms with E-state index < -0.39 is 5.91 Å². The number of carbonyl (C=O) groups is 2. The van der Waals surface area contributed by atoms with Crippen molar-refractivity contribution in [3.63, 3.8) is 0 Å². The maximum absolute atomic E-state index is 12.4. The molecule has 2 amide bonds. The Bertz CT molecular complexity index is 1420. The molecule has 0 saturated heterocycles. The molecule has 8 nitrogen and oxygen atoms in total. The van der Waals surface area contributed by atoms with Gasteiger partial charge in [0.25, 0.3) is 5.91 Å². The Balaban J connectivity index is 1.41. The first kappa shape index (κ1) is 25.5. The van der Waals surface area contributed by atoms with E-state index in [2.05, 4.69) is 38.4 Å². The average Bonchev–Trinajstić information content (AvgIpc) is 3.28. The van der Waals surface area contributed by atoms with Crippen LogP contribution in [0.15, 0.2) is 76.2 Å². The maximum atomic E-state index is 12.4. The van der Waals surface area contributed by atoms with E-state index in [-0.39, 0.29) is 18.3 Å². The molecular weight excluding hydrogens is 597 g/mol. The number of hydrogen-bond donors (Lipinski definition) is 2. The second-order valence-corrected chi connectivity index (χ2v) is 9.06. The highest BCUT2D eigenvalue weighted by Gasteiger charge is 2.15. The number of ether oxygens (including phenoxy) is 2. The van der Waals surface area contributed by atoms with Gasteiger partial charge in [0.05, 0.1) is 16.4 Å². The average molecular weight is 618 g/mol. The number of rotatable bonds is 9. The fourth-order valence-corrected chi connectivity index (χ4v) is 4.23. The monoisotopic (exact) mass is 617 g/mol. The van der Waals surface area contributed by atoms with Crippen LogP contribution < -0.4 is 20.2 Å². The first-order chi connectivity index (χ1) is 17.4. The Kier molecular flexibility index (Phi) is 8.44. The molecule has 0 aliphatic carbocycles. The van der Waals surface area contributed by atoms with Gasteiger partial charge in [-0.1, -0.05) is 29.8 Å². The highest BCUT2D eigenvalue weighted by molar-refractivity contribution is 14.1. The molecular formula is C26H21ClIN3O5. The summed E-state index contributed by atoms with van der Waals surface area (Å²) < 4.78 is 17.7. The number of hydrogen-bond acceptors (Lipinski definition) is 6. The van der Waals surface area contributed by atoms with Crippen LogP contribution in [0.3, 0.4) is 0 Å². The molecule has 0 aliphatic heterocycles. The molecule has 36 heavy (non-hydrogen) atoms. The number of carbonyl (C=O) groups excluding carboxylic acids is 2. The van der Waals surface area contributed by atoms with Crippen LogP contribution in [0.4, 0.5) is 5.69 Å². The zero-order valence-electron chi connectivity index (χ0n) is 19.1. The minimum Gasteiger partial charge on any atom is -0.490 e. The van der Waals surface area contributed by atoms with Crippen LogP contribution in [-0.2, 0) is 4.79 Å². The molecule has 0 aliphatic rings. The second kappa shape index (κ2) is 11.9. The second-order valence-electron chi connectivity index (χ2n) is 7.46. The fourth-order valence-electron chi connectivity index (χ4n) is 3.27. The summed E-state index contributed by atoms with van der Waals surface area (Å²) in [4.78, 5) is 24.7. The first-order valence-corrected chi connectivity index (χ1v) is 12.3. The van der Waals surface area contributed by atoms with Crippen LogP contribution in [0.1, 0.15) is 23.0 Å². The van der Waals surface area contributed by atoms with Crippen molar-refractivity contribution in [1.29, 1.82) is 0 Å². The van der Waals surface area contributed by atoms with Crippen LogP contribution in [0.25, 0.3) is 11.0 Å². The van der Waals surface area contributed by atoms with Crippen molar-refractivity contribution < 1.29 is 23.5 Å². The number of para-hydroxylation sites is 1. The van der Waals surface area contributed by atoms with Gasteiger partial charge in [-0.2, -0.15) is 5.10 Å². The highest BCUT2D eigenvalue weighted by atomic mass is 127. The van der Waals surface area contributed by atoms with Crippen molar-refractivity contribution in [2.45, 2.75) is 6.92 Å². The molecule has 0 unspecified atom stereocenters. The molecule has 0 bridgehead atoms. The van der Waals surface area contributed by atoms with E-state index in [0.29, 0.717) is 43.5 Å². The number of fused-ring (bicyclic) bond motifs is 1. The van der Waals surface area contributed by atoms with Crippen LogP contribution in [0.5, 0.6) is 11.5 Å². The molecule has 0 saturated carbocycles. The number of benzene rings is 3. The number of amides is 2. The van der Waals surface area contributed by atoms with Gasteiger partial charge in [-0.15, -0.1) is 0 Å². The molecule has 0 radical (unpaired) electrons. The predicted octanol–water partition coefficient (Wildman–Crippen LogP) is 5.87. The van der Waals surface area contributed by atoms with E-state index in [1.54, 1.807) is 48.5 Å². The summed E-state index contributed by atoms with van der Waals surface area (Å²) in [6, 6.07) is 19.3. The summed E-state index contributed by atoms with van der Waals surface area (Å²) in [5, 5.41) is 8.07. The number of furan rings is 1. The van der Waals surface area contributed by atoms with Gasteiger partial charge in [0, 0.05) is 16.1 Å². The van der Waals surface area contributed by atoms with Gasteiger partial charge in [-0.3, -0.25) is 9.59 Å². The van der Waals surface area contributed by atoms with Gasteiger partial charge in [0.2, 0.25) is 0 Å². The van der Waals surface area contributed by atoms with Crippen molar-refractivity contribution in [3.05, 3.63) is 86.6 Å². The Morgan fingerprint density at radius 2 is 1.89 bits per heavy atom. The SMILES string of the molecule is CCOc1cc(/C=N/NC(=O)c2cc3cc(Cl)ccc3o2)cc(I)c1OCC(=O)Nc1ccccc1. The summed E-state index contributed by atoms with van der Waals surface area (Å²) >= 11 is 8.08. The zero-order chi connectivity index (χ0) is 25.5. The quantitative estimate of drug-likeness (QED) is 0.139. The van der Waals surface area contributed by atoms with Gasteiger partial charge < -0.3 is 19.2 Å². The number of nitrogens with zero attached hydrogens (tertiary/aromatic N) is 1. The molecule has 1 aromatic heterocycles. The third-order valence-electron chi connectivity index (χ3n) is 4.82. The van der Waals surface area contributed by atoms with E-state index in [1.165, 1.54) is 6.21 Å². The van der Waals surface area contributed by atoms with Crippen LogP contribution in [0.2, 0.25) is 5.02 Å². The van der Waals surface area contributed by atoms with Crippen molar-refractivity contribution >= 4 is 68.9 Å². The van der Waals surface area contributed by atoms with E-state index in [4.69, 9.17) is 25.5 Å². The first-order valence-electron chi connectivity index (χ1n) is 10.9. The van der Waals surface area contributed by atoms with Crippen LogP contribution in [-0.4, -0.2) is 31.2 Å². The molecule has 2 N–H and O–H groups in total. The van der Waals surface area contributed by atoms with Gasteiger partial charge in [0.1, 0.15) is 5.58 Å². The lowest BCUT2D eigenvalue weighted by Gasteiger charge is -2.14. The molecule has 4 aromatic rings. The number of nitrogens with one attached hydrogen (secondary N) is 2. The van der Waals surface area contributed by atoms with Crippen molar-refractivity contribution in [3.8, 4) is 11.5 Å². The lowest BCUT2D eigenvalue weighted by Crippen LogP contribution is -2.20. The fraction of sp³-hybridized carbons (Fsp3) is 0.115. The van der Waals surface area contributed by atoms with Crippen molar-refractivity contribution in [2.24, 2.45) is 5.10 Å². The minimum atomic E-state index is -0.498. The summed E-state index contributed by atoms with van der Waals surface area (Å²) in [5.41, 5.74) is 4.35. The van der Waals surface area contributed by atoms with E-state index >= 15 is 0 Å². The van der Waals surface area contributed by atoms with Crippen LogP contribution in [0, 0.1) is 3.57 Å². The van der Waals surface area contributed by atoms with Gasteiger partial charge in [0.15, 0.2) is 23.9 Å². The molecule has 3 aromatic carbocycles. The van der Waals surface area contributed by atoms with Crippen molar-refractivity contribution in [2.75, 3.05) is 18.5 Å². The molecule has 4 rings (SSSR count). The van der Waals surface area contributed by atoms with E-state index in [9.17, 15) is 9.59 Å². The van der Waals surface area contributed by atoms with Crippen molar-refractivity contribution in [1.82, 2.24) is 5.43 Å². The molecule has 1 heterocycles. The standard InChI is InChI=1S/C26H21ClIN3O5/c1-2-34-22-11-16(10-20(28)25(22)35-15-24(32)30-19-6-4-3-5-7-19)14-29-31-26(33)23-13-17-12-18(27)8-9-21(17)36-23/h3-14H,2,15H2,1H3,(H,30,32)(H,31,33)/b29-14+. The normalized spacial score (nSPS) is 11.0. The third kappa shape index (κ3) is 6.55. The number of anilines is 1. The molecule has 10 heteroatoms. The Morgan fingerprint density at radius 3 is 2.67 bits per heavy atom. The maximum Gasteiger partial charge on any atom is 0.307 e. The molecule has 0 spiro atoms. The minimum absolute atomic E-state index is 0.117. The van der Waals surface area contributed by atoms with Gasteiger partial charge in [-0.25, -0.2) is 5.43 Å². The molecule has 0 fully saturated rings. The summed E-state index contributed by atoms with van der Waals surface area (Å²) in [6.45, 7) is 2.06. The predicted molar refractivity (Wildman–Crippen MR) is 147 cm³/mol. The van der Waals surface area contributed by atoms with E-state index in [0.717, 1.165) is 5.39 Å². The van der Waals surface area contributed by atoms with Crippen LogP contribution >= 0.6 is 34.2 Å². The lowest BCUT2D eigenvalue weighted by molar-refractivity contribution is -0.118. The topological polar surface area (TPSA) is 102 Å². The zero-order valence-corrected chi connectivity index (χ0v) is 22.0. The largest absolute Gasteiger partial charge is 0.490 e. The number of halogens is 2. The molecule has 0 atom stereocenters. The van der Waals surface area contributed by atoms with Gasteiger partial charge >= 0.3 is 5.91 Å². The number of hydrazone groups is 1. The Morgan fingerprint density at radius 1 is 1.08 bits per heavy atom.